The van der Waals surface area contributed by atoms with Crippen molar-refractivity contribution in [3.05, 3.63) is 50.9 Å². The van der Waals surface area contributed by atoms with Gasteiger partial charge in [-0.05, 0) is 24.3 Å². The maximum atomic E-state index is 13.7. The highest BCUT2D eigenvalue weighted by Crippen LogP contribution is 2.26. The van der Waals surface area contributed by atoms with Crippen LogP contribution >= 0.6 is 22.9 Å². The Kier molecular flexibility index (Phi) is 4.63. The molecule has 0 atom stereocenters. The fraction of sp³-hybridized carbons (Fsp3) is 0.312. The largest absolute Gasteiger partial charge is 0.368 e. The molecule has 114 valence electrons. The molecule has 0 radical (unpaired) electrons. The number of hydrogen-bond donors (Lipinski definition) is 0. The lowest BCUT2D eigenvalue weighted by atomic mass is 10.1. The third-order valence-electron chi connectivity index (χ3n) is 3.82. The predicted octanol–water partition coefficient (Wildman–Crippen LogP) is 3.73. The fourth-order valence-electron chi connectivity index (χ4n) is 2.69. The van der Waals surface area contributed by atoms with Crippen LogP contribution in [-0.4, -0.2) is 31.1 Å². The molecule has 0 aliphatic carbocycles. The molecule has 2 aromatic rings. The Balaban J connectivity index is 1.65. The molecule has 0 bridgehead atoms. The summed E-state index contributed by atoms with van der Waals surface area (Å²) in [7, 11) is 0. The van der Waals surface area contributed by atoms with Gasteiger partial charge in [-0.3, -0.25) is 4.90 Å². The summed E-state index contributed by atoms with van der Waals surface area (Å²) in [6.07, 6.45) is 0. The molecule has 1 aliphatic rings. The summed E-state index contributed by atoms with van der Waals surface area (Å²) in [5.41, 5.74) is 0.835. The topological polar surface area (TPSA) is 30.3 Å². The minimum absolute atomic E-state index is 0.140. The highest BCUT2D eigenvalue weighted by atomic mass is 35.5. The van der Waals surface area contributed by atoms with Crippen LogP contribution in [0.15, 0.2) is 30.3 Å². The fourth-order valence-corrected chi connectivity index (χ4v) is 3.82. The zero-order valence-corrected chi connectivity index (χ0v) is 13.5. The number of nitrogens with zero attached hydrogens (tertiary/aromatic N) is 3. The lowest BCUT2D eigenvalue weighted by Gasteiger charge is -2.36. The molecule has 1 aromatic heterocycles. The van der Waals surface area contributed by atoms with E-state index in [9.17, 15) is 4.39 Å². The first kappa shape index (κ1) is 15.3. The van der Waals surface area contributed by atoms with Gasteiger partial charge in [-0.2, -0.15) is 5.26 Å². The standard InChI is InChI=1S/C16H15ClFN3S/c17-16-5-4-12(22-16)11-20-6-8-21(9-7-20)15-3-1-2-14(18)13(15)10-19/h1-5H,6-9,11H2. The molecule has 0 spiro atoms. The molecule has 1 fully saturated rings. The van der Waals surface area contributed by atoms with E-state index in [1.165, 1.54) is 10.9 Å². The lowest BCUT2D eigenvalue weighted by molar-refractivity contribution is 0.252. The second-order valence-corrected chi connectivity index (χ2v) is 7.01. The van der Waals surface area contributed by atoms with Gasteiger partial charge in [0.1, 0.15) is 17.4 Å². The normalized spacial score (nSPS) is 15.8. The van der Waals surface area contributed by atoms with Crippen molar-refractivity contribution in [2.45, 2.75) is 6.54 Å². The molecule has 0 amide bonds. The Morgan fingerprint density at radius 3 is 2.59 bits per heavy atom. The lowest BCUT2D eigenvalue weighted by Crippen LogP contribution is -2.46. The predicted molar refractivity (Wildman–Crippen MR) is 87.9 cm³/mol. The molecule has 3 nitrogen and oxygen atoms in total. The van der Waals surface area contributed by atoms with Gasteiger partial charge in [-0.25, -0.2) is 4.39 Å². The Labute approximate surface area is 138 Å². The average molecular weight is 336 g/mol. The minimum atomic E-state index is -0.448. The summed E-state index contributed by atoms with van der Waals surface area (Å²) in [4.78, 5) is 5.69. The van der Waals surface area contributed by atoms with Crippen LogP contribution in [0.1, 0.15) is 10.4 Å². The van der Waals surface area contributed by atoms with Crippen LogP contribution in [-0.2, 0) is 6.54 Å². The average Bonchev–Trinajstić information content (AvgIpc) is 2.93. The number of benzene rings is 1. The van der Waals surface area contributed by atoms with Crippen molar-refractivity contribution in [3.8, 4) is 6.07 Å². The molecular weight excluding hydrogens is 321 g/mol. The Morgan fingerprint density at radius 1 is 1.18 bits per heavy atom. The third-order valence-corrected chi connectivity index (χ3v) is 5.04. The third kappa shape index (κ3) is 3.25. The van der Waals surface area contributed by atoms with E-state index in [1.807, 2.05) is 18.2 Å². The zero-order chi connectivity index (χ0) is 15.5. The van der Waals surface area contributed by atoms with E-state index in [1.54, 1.807) is 17.4 Å². The zero-order valence-electron chi connectivity index (χ0n) is 11.9. The Morgan fingerprint density at radius 2 is 1.95 bits per heavy atom. The van der Waals surface area contributed by atoms with E-state index in [4.69, 9.17) is 16.9 Å². The van der Waals surface area contributed by atoms with Gasteiger partial charge in [0.05, 0.1) is 10.0 Å². The van der Waals surface area contributed by atoms with E-state index in [0.717, 1.165) is 37.1 Å². The summed E-state index contributed by atoms with van der Waals surface area (Å²) in [6.45, 7) is 4.24. The molecular formula is C16H15ClFN3S. The van der Waals surface area contributed by atoms with Gasteiger partial charge in [-0.1, -0.05) is 17.7 Å². The van der Waals surface area contributed by atoms with E-state index in [-0.39, 0.29) is 5.56 Å². The Bertz CT molecular complexity index is 702. The summed E-state index contributed by atoms with van der Waals surface area (Å²) >= 11 is 7.56. The van der Waals surface area contributed by atoms with Crippen molar-refractivity contribution in [2.24, 2.45) is 0 Å². The molecule has 22 heavy (non-hydrogen) atoms. The molecule has 1 aliphatic heterocycles. The van der Waals surface area contributed by atoms with Crippen LogP contribution in [0.4, 0.5) is 10.1 Å². The molecule has 1 aromatic carbocycles. The van der Waals surface area contributed by atoms with Gasteiger partial charge < -0.3 is 4.90 Å². The molecule has 3 rings (SSSR count). The summed E-state index contributed by atoms with van der Waals surface area (Å²) < 4.78 is 14.5. The first-order valence-electron chi connectivity index (χ1n) is 7.07. The number of anilines is 1. The number of thiophene rings is 1. The Hall–Kier alpha value is -1.61. The molecule has 0 unspecified atom stereocenters. The van der Waals surface area contributed by atoms with Crippen LogP contribution in [0.5, 0.6) is 0 Å². The number of hydrogen-bond acceptors (Lipinski definition) is 4. The highest BCUT2D eigenvalue weighted by Gasteiger charge is 2.21. The van der Waals surface area contributed by atoms with Gasteiger partial charge in [-0.15, -0.1) is 11.3 Å². The number of rotatable bonds is 3. The summed E-state index contributed by atoms with van der Waals surface area (Å²) in [5.74, 6) is -0.448. The van der Waals surface area contributed by atoms with E-state index in [0.29, 0.717) is 5.69 Å². The quantitative estimate of drug-likeness (QED) is 0.856. The molecule has 2 heterocycles. The molecule has 6 heteroatoms. The molecule has 0 N–H and O–H groups in total. The maximum absolute atomic E-state index is 13.7. The van der Waals surface area contributed by atoms with E-state index in [2.05, 4.69) is 15.9 Å². The highest BCUT2D eigenvalue weighted by molar-refractivity contribution is 7.16. The van der Waals surface area contributed by atoms with E-state index >= 15 is 0 Å². The van der Waals surface area contributed by atoms with Gasteiger partial charge in [0.15, 0.2) is 0 Å². The first-order chi connectivity index (χ1) is 10.7. The van der Waals surface area contributed by atoms with Gasteiger partial charge >= 0.3 is 0 Å². The van der Waals surface area contributed by atoms with Crippen molar-refractivity contribution in [3.63, 3.8) is 0 Å². The smallest absolute Gasteiger partial charge is 0.143 e. The van der Waals surface area contributed by atoms with Crippen LogP contribution in [0.25, 0.3) is 0 Å². The van der Waals surface area contributed by atoms with Crippen molar-refractivity contribution < 1.29 is 4.39 Å². The monoisotopic (exact) mass is 335 g/mol. The number of nitriles is 1. The number of halogens is 2. The van der Waals surface area contributed by atoms with Crippen molar-refractivity contribution >= 4 is 28.6 Å². The maximum Gasteiger partial charge on any atom is 0.143 e. The van der Waals surface area contributed by atoms with Gasteiger partial charge in [0.25, 0.3) is 0 Å². The van der Waals surface area contributed by atoms with Crippen molar-refractivity contribution in [1.82, 2.24) is 4.90 Å². The first-order valence-corrected chi connectivity index (χ1v) is 8.27. The summed E-state index contributed by atoms with van der Waals surface area (Å²) in [5, 5.41) is 9.14. The SMILES string of the molecule is N#Cc1c(F)cccc1N1CCN(Cc2ccc(Cl)s2)CC1. The molecule has 1 saturated heterocycles. The second-order valence-electron chi connectivity index (χ2n) is 5.21. The van der Waals surface area contributed by atoms with Gasteiger partial charge in [0, 0.05) is 37.6 Å². The van der Waals surface area contributed by atoms with Crippen molar-refractivity contribution in [2.75, 3.05) is 31.1 Å². The molecule has 0 saturated carbocycles. The van der Waals surface area contributed by atoms with Crippen molar-refractivity contribution in [1.29, 1.82) is 5.26 Å². The summed E-state index contributed by atoms with van der Waals surface area (Å²) in [6, 6.07) is 10.8. The van der Waals surface area contributed by atoms with E-state index < -0.39 is 5.82 Å². The van der Waals surface area contributed by atoms with Crippen LogP contribution in [0.3, 0.4) is 0 Å². The van der Waals surface area contributed by atoms with Crippen LogP contribution in [0, 0.1) is 17.1 Å². The van der Waals surface area contributed by atoms with Crippen LogP contribution < -0.4 is 4.90 Å². The minimum Gasteiger partial charge on any atom is -0.368 e. The number of piperazine rings is 1. The van der Waals surface area contributed by atoms with Gasteiger partial charge in [0.2, 0.25) is 0 Å². The van der Waals surface area contributed by atoms with Crippen LogP contribution in [0.2, 0.25) is 4.34 Å². The second kappa shape index (κ2) is 6.66.